The Hall–Kier alpha value is -2.89. The molecule has 0 saturated carbocycles. The molecule has 1 aromatic carbocycles. The van der Waals surface area contributed by atoms with Crippen LogP contribution >= 0.6 is 0 Å². The summed E-state index contributed by atoms with van der Waals surface area (Å²) in [6, 6.07) is 10.8. The fraction of sp³-hybridized carbons (Fsp3) is 0.133. The van der Waals surface area contributed by atoms with E-state index in [1.54, 1.807) is 30.6 Å². The molecule has 2 aromatic rings. The van der Waals surface area contributed by atoms with Crippen molar-refractivity contribution in [2.24, 2.45) is 5.10 Å². The summed E-state index contributed by atoms with van der Waals surface area (Å²) in [5.41, 5.74) is 3.22. The number of amides is 1. The molecule has 0 spiro atoms. The first-order valence-corrected chi connectivity index (χ1v) is 6.44. The highest BCUT2D eigenvalue weighted by Gasteiger charge is 2.26. The van der Waals surface area contributed by atoms with Crippen molar-refractivity contribution in [3.05, 3.63) is 54.4 Å². The molecule has 2 heterocycles. The normalized spacial score (nSPS) is 16.7. The van der Waals surface area contributed by atoms with Crippen LogP contribution in [-0.2, 0) is 4.79 Å². The molecular weight excluding hydrogens is 270 g/mol. The number of aromatic nitrogens is 1. The Morgan fingerprint density at radius 3 is 2.95 bits per heavy atom. The molecule has 0 aliphatic carbocycles. The van der Waals surface area contributed by atoms with Gasteiger partial charge in [-0.3, -0.25) is 9.78 Å². The average molecular weight is 283 g/mol. The van der Waals surface area contributed by atoms with E-state index >= 15 is 0 Å². The number of nitrogens with zero attached hydrogens (tertiary/aromatic N) is 2. The third-order valence-corrected chi connectivity index (χ3v) is 2.87. The zero-order valence-electron chi connectivity index (χ0n) is 11.1. The molecular formula is C15H13N3O3. The topological polar surface area (TPSA) is 72.8 Å². The Morgan fingerprint density at radius 2 is 2.14 bits per heavy atom. The van der Waals surface area contributed by atoms with E-state index in [4.69, 9.17) is 9.47 Å². The first-order valence-electron chi connectivity index (χ1n) is 6.44. The molecule has 0 bridgehead atoms. The predicted octanol–water partition coefficient (Wildman–Crippen LogP) is 1.37. The molecule has 1 aromatic heterocycles. The van der Waals surface area contributed by atoms with E-state index in [-0.39, 0.29) is 12.5 Å². The summed E-state index contributed by atoms with van der Waals surface area (Å²) >= 11 is 0. The summed E-state index contributed by atoms with van der Waals surface area (Å²) in [6.45, 7) is 0.158. The van der Waals surface area contributed by atoms with Gasteiger partial charge in [0, 0.05) is 18.0 Å². The Bertz CT molecular complexity index is 658. The molecule has 0 radical (unpaired) electrons. The minimum Gasteiger partial charge on any atom is -0.485 e. The highest BCUT2D eigenvalue weighted by Crippen LogP contribution is 2.30. The van der Waals surface area contributed by atoms with E-state index in [0.717, 1.165) is 5.56 Å². The zero-order chi connectivity index (χ0) is 14.5. The van der Waals surface area contributed by atoms with E-state index < -0.39 is 6.10 Å². The molecule has 1 atom stereocenters. The Morgan fingerprint density at radius 1 is 1.29 bits per heavy atom. The van der Waals surface area contributed by atoms with Gasteiger partial charge in [0.15, 0.2) is 11.5 Å². The van der Waals surface area contributed by atoms with Crippen LogP contribution in [0.25, 0.3) is 0 Å². The minimum absolute atomic E-state index is 0.158. The van der Waals surface area contributed by atoms with Crippen LogP contribution in [0, 0.1) is 0 Å². The van der Waals surface area contributed by atoms with Crippen LogP contribution in [0.3, 0.4) is 0 Å². The van der Waals surface area contributed by atoms with Gasteiger partial charge in [-0.2, -0.15) is 5.10 Å². The van der Waals surface area contributed by atoms with Crippen molar-refractivity contribution in [1.82, 2.24) is 10.4 Å². The SMILES string of the molecule is O=C(N/N=C/c1cccnc1)[C@H]1COc2ccccc2O1. The van der Waals surface area contributed by atoms with E-state index in [9.17, 15) is 4.79 Å². The Balaban J connectivity index is 1.59. The average Bonchev–Trinajstić information content (AvgIpc) is 2.55. The van der Waals surface area contributed by atoms with Crippen LogP contribution in [0.4, 0.5) is 0 Å². The number of pyridine rings is 1. The zero-order valence-corrected chi connectivity index (χ0v) is 11.1. The van der Waals surface area contributed by atoms with Gasteiger partial charge in [0.05, 0.1) is 6.21 Å². The number of carbonyl (C=O) groups is 1. The number of carbonyl (C=O) groups excluding carboxylic acids is 1. The highest BCUT2D eigenvalue weighted by molar-refractivity contribution is 5.84. The van der Waals surface area contributed by atoms with E-state index in [0.29, 0.717) is 11.5 Å². The number of hydrazone groups is 1. The van der Waals surface area contributed by atoms with Crippen molar-refractivity contribution in [2.75, 3.05) is 6.61 Å². The molecule has 1 amide bonds. The number of nitrogens with one attached hydrogen (secondary N) is 1. The maximum Gasteiger partial charge on any atom is 0.284 e. The lowest BCUT2D eigenvalue weighted by molar-refractivity contribution is -0.130. The Kier molecular flexibility index (Phi) is 3.77. The lowest BCUT2D eigenvalue weighted by atomic mass is 10.2. The van der Waals surface area contributed by atoms with Gasteiger partial charge in [0.25, 0.3) is 5.91 Å². The van der Waals surface area contributed by atoms with Gasteiger partial charge in [-0.25, -0.2) is 5.43 Å². The number of fused-ring (bicyclic) bond motifs is 1. The van der Waals surface area contributed by atoms with Crippen molar-refractivity contribution >= 4 is 12.1 Å². The molecule has 21 heavy (non-hydrogen) atoms. The van der Waals surface area contributed by atoms with Crippen molar-refractivity contribution in [3.8, 4) is 11.5 Å². The lowest BCUT2D eigenvalue weighted by Crippen LogP contribution is -2.42. The van der Waals surface area contributed by atoms with Crippen LogP contribution < -0.4 is 14.9 Å². The molecule has 0 saturated heterocycles. The van der Waals surface area contributed by atoms with Crippen LogP contribution in [-0.4, -0.2) is 29.8 Å². The van der Waals surface area contributed by atoms with Gasteiger partial charge in [0.1, 0.15) is 6.61 Å². The maximum atomic E-state index is 12.0. The molecule has 0 unspecified atom stereocenters. The largest absolute Gasteiger partial charge is 0.485 e. The number of para-hydroxylation sites is 2. The van der Waals surface area contributed by atoms with Gasteiger partial charge in [-0.05, 0) is 18.2 Å². The molecule has 1 aliphatic heterocycles. The summed E-state index contributed by atoms with van der Waals surface area (Å²) in [7, 11) is 0. The highest BCUT2D eigenvalue weighted by atomic mass is 16.6. The monoisotopic (exact) mass is 283 g/mol. The number of hydrogen-bond acceptors (Lipinski definition) is 5. The summed E-state index contributed by atoms with van der Waals surface area (Å²) < 4.78 is 11.0. The number of hydrogen-bond donors (Lipinski definition) is 1. The van der Waals surface area contributed by atoms with Crippen LogP contribution in [0.1, 0.15) is 5.56 Å². The first-order chi connectivity index (χ1) is 10.3. The van der Waals surface area contributed by atoms with Gasteiger partial charge in [-0.1, -0.05) is 18.2 Å². The van der Waals surface area contributed by atoms with Crippen molar-refractivity contribution in [2.45, 2.75) is 6.10 Å². The molecule has 6 nitrogen and oxygen atoms in total. The van der Waals surface area contributed by atoms with Gasteiger partial charge >= 0.3 is 0 Å². The second-order valence-corrected chi connectivity index (χ2v) is 4.38. The summed E-state index contributed by atoms with van der Waals surface area (Å²) in [5, 5.41) is 3.87. The summed E-state index contributed by atoms with van der Waals surface area (Å²) in [6.07, 6.45) is 4.11. The van der Waals surface area contributed by atoms with Crippen molar-refractivity contribution in [3.63, 3.8) is 0 Å². The summed E-state index contributed by atoms with van der Waals surface area (Å²) in [4.78, 5) is 15.9. The molecule has 3 rings (SSSR count). The maximum absolute atomic E-state index is 12.0. The minimum atomic E-state index is -0.717. The van der Waals surface area contributed by atoms with Gasteiger partial charge < -0.3 is 9.47 Å². The molecule has 1 N–H and O–H groups in total. The second kappa shape index (κ2) is 6.04. The third-order valence-electron chi connectivity index (χ3n) is 2.87. The third kappa shape index (κ3) is 3.17. The van der Waals surface area contributed by atoms with Gasteiger partial charge in [-0.15, -0.1) is 0 Å². The standard InChI is InChI=1S/C15H13N3O3/c19-15(18-17-9-11-4-3-7-16-8-11)14-10-20-12-5-1-2-6-13(12)21-14/h1-9,14H,10H2,(H,18,19)/b17-9+/t14-/m1/s1. The number of rotatable bonds is 3. The van der Waals surface area contributed by atoms with Crippen LogP contribution in [0.15, 0.2) is 53.9 Å². The van der Waals surface area contributed by atoms with Crippen molar-refractivity contribution < 1.29 is 14.3 Å². The van der Waals surface area contributed by atoms with Crippen LogP contribution in [0.2, 0.25) is 0 Å². The van der Waals surface area contributed by atoms with Gasteiger partial charge in [0.2, 0.25) is 6.10 Å². The molecule has 6 heteroatoms. The molecule has 106 valence electrons. The summed E-state index contributed by atoms with van der Waals surface area (Å²) in [5.74, 6) is 0.838. The molecule has 1 aliphatic rings. The molecule has 0 fully saturated rings. The van der Waals surface area contributed by atoms with E-state index in [1.165, 1.54) is 6.21 Å². The quantitative estimate of drug-likeness (QED) is 0.682. The smallest absolute Gasteiger partial charge is 0.284 e. The Labute approximate surface area is 121 Å². The predicted molar refractivity (Wildman–Crippen MR) is 76.3 cm³/mol. The fourth-order valence-corrected chi connectivity index (χ4v) is 1.84. The fourth-order valence-electron chi connectivity index (χ4n) is 1.84. The van der Waals surface area contributed by atoms with E-state index in [2.05, 4.69) is 15.5 Å². The number of benzene rings is 1. The van der Waals surface area contributed by atoms with Crippen molar-refractivity contribution in [1.29, 1.82) is 0 Å². The van der Waals surface area contributed by atoms with E-state index in [1.807, 2.05) is 18.2 Å². The number of ether oxygens (including phenoxy) is 2. The second-order valence-electron chi connectivity index (χ2n) is 4.38. The van der Waals surface area contributed by atoms with Crippen LogP contribution in [0.5, 0.6) is 11.5 Å². The first kappa shape index (κ1) is 13.1. The lowest BCUT2D eigenvalue weighted by Gasteiger charge is -2.24.